The zero-order valence-electron chi connectivity index (χ0n) is 5.81. The third-order valence-electron chi connectivity index (χ3n) is 0.742. The molecule has 0 aromatic carbocycles. The van der Waals surface area contributed by atoms with Gasteiger partial charge in [0.1, 0.15) is 5.54 Å². The first-order valence-corrected chi connectivity index (χ1v) is 2.80. The highest BCUT2D eigenvalue weighted by Crippen LogP contribution is 1.97. The molecule has 2 N–H and O–H groups in total. The van der Waals surface area contributed by atoms with Crippen molar-refractivity contribution < 1.29 is 9.53 Å². The van der Waals surface area contributed by atoms with Crippen LogP contribution in [0.1, 0.15) is 13.8 Å². The Labute approximate surface area is 55.2 Å². The van der Waals surface area contributed by atoms with E-state index in [4.69, 9.17) is 5.73 Å². The van der Waals surface area contributed by atoms with Gasteiger partial charge in [-0.15, -0.1) is 0 Å². The second-order valence-corrected chi connectivity index (χ2v) is 2.14. The summed E-state index contributed by atoms with van der Waals surface area (Å²) in [6, 6.07) is 0. The molecule has 9 heavy (non-hydrogen) atoms. The van der Waals surface area contributed by atoms with Gasteiger partial charge in [0.2, 0.25) is 0 Å². The van der Waals surface area contributed by atoms with Crippen molar-refractivity contribution in [3.63, 3.8) is 0 Å². The third-order valence-corrected chi connectivity index (χ3v) is 0.742. The number of hydrogen-bond acceptors (Lipinski definition) is 3. The predicted molar refractivity (Wildman–Crippen MR) is 34.6 cm³/mol. The summed E-state index contributed by atoms with van der Waals surface area (Å²) in [6.45, 7) is 6.97. The van der Waals surface area contributed by atoms with Gasteiger partial charge in [0.15, 0.2) is 0 Å². The maximum atomic E-state index is 10.7. The summed E-state index contributed by atoms with van der Waals surface area (Å²) < 4.78 is 4.58. The first-order chi connectivity index (χ1) is 3.98. The molecule has 0 saturated carbocycles. The summed E-state index contributed by atoms with van der Waals surface area (Å²) in [5.41, 5.74) is 4.18. The maximum absolute atomic E-state index is 10.7. The highest BCUT2D eigenvalue weighted by molar-refractivity contribution is 5.80. The SMILES string of the molecule is [CH2]C(C)(N)C(=O)OCC. The van der Waals surface area contributed by atoms with E-state index < -0.39 is 11.5 Å². The number of nitrogens with two attached hydrogens (primary N) is 1. The normalized spacial score (nSPS) is 11.1. The van der Waals surface area contributed by atoms with Gasteiger partial charge >= 0.3 is 5.97 Å². The number of ether oxygens (including phenoxy) is 1. The summed E-state index contributed by atoms with van der Waals surface area (Å²) in [5, 5.41) is 0. The summed E-state index contributed by atoms with van der Waals surface area (Å²) >= 11 is 0. The van der Waals surface area contributed by atoms with Crippen molar-refractivity contribution in [2.75, 3.05) is 6.61 Å². The molecule has 0 bridgehead atoms. The van der Waals surface area contributed by atoms with Gasteiger partial charge in [0.05, 0.1) is 6.61 Å². The minimum absolute atomic E-state index is 0.348. The Kier molecular flexibility index (Phi) is 2.65. The minimum Gasteiger partial charge on any atom is -0.465 e. The summed E-state index contributed by atoms with van der Waals surface area (Å²) in [5.74, 6) is -0.468. The monoisotopic (exact) mass is 130 g/mol. The summed E-state index contributed by atoms with van der Waals surface area (Å²) in [4.78, 5) is 10.7. The number of esters is 1. The molecule has 53 valence electrons. The van der Waals surface area contributed by atoms with E-state index in [1.54, 1.807) is 6.92 Å². The molecule has 0 heterocycles. The molecule has 3 nitrogen and oxygen atoms in total. The maximum Gasteiger partial charge on any atom is 0.325 e. The van der Waals surface area contributed by atoms with Crippen LogP contribution in [0.3, 0.4) is 0 Å². The molecule has 0 fully saturated rings. The van der Waals surface area contributed by atoms with Crippen LogP contribution in [0.25, 0.3) is 0 Å². The lowest BCUT2D eigenvalue weighted by molar-refractivity contribution is -0.147. The van der Waals surface area contributed by atoms with Crippen LogP contribution >= 0.6 is 0 Å². The molecule has 0 amide bonds. The van der Waals surface area contributed by atoms with E-state index in [1.165, 1.54) is 6.92 Å². The molecule has 1 unspecified atom stereocenters. The summed E-state index contributed by atoms with van der Waals surface area (Å²) in [7, 11) is 0. The topological polar surface area (TPSA) is 52.3 Å². The predicted octanol–water partition coefficient (Wildman–Crippen LogP) is 0.101. The van der Waals surface area contributed by atoms with Crippen molar-refractivity contribution in [3.05, 3.63) is 6.92 Å². The lowest BCUT2D eigenvalue weighted by Gasteiger charge is -2.14. The van der Waals surface area contributed by atoms with Crippen LogP contribution in [0.4, 0.5) is 0 Å². The number of hydrogen-bond donors (Lipinski definition) is 1. The van der Waals surface area contributed by atoms with E-state index in [9.17, 15) is 4.79 Å². The van der Waals surface area contributed by atoms with Crippen molar-refractivity contribution in [3.8, 4) is 0 Å². The minimum atomic E-state index is -1.10. The van der Waals surface area contributed by atoms with Crippen LogP contribution in [0.5, 0.6) is 0 Å². The molecule has 0 aromatic rings. The van der Waals surface area contributed by atoms with E-state index in [0.717, 1.165) is 0 Å². The lowest BCUT2D eigenvalue weighted by Crippen LogP contribution is -2.43. The van der Waals surface area contributed by atoms with E-state index >= 15 is 0 Å². The fourth-order valence-corrected chi connectivity index (χ4v) is 0.296. The van der Waals surface area contributed by atoms with E-state index in [0.29, 0.717) is 6.61 Å². The molecular weight excluding hydrogens is 118 g/mol. The van der Waals surface area contributed by atoms with Crippen LogP contribution in [0, 0.1) is 6.92 Å². The molecule has 0 rings (SSSR count). The number of carbonyl (C=O) groups excluding carboxylic acids is 1. The van der Waals surface area contributed by atoms with Gasteiger partial charge in [-0.05, 0) is 20.8 Å². The zero-order valence-corrected chi connectivity index (χ0v) is 5.81. The smallest absolute Gasteiger partial charge is 0.325 e. The quantitative estimate of drug-likeness (QED) is 0.539. The molecule has 1 atom stereocenters. The van der Waals surface area contributed by atoms with Gasteiger partial charge in [-0.1, -0.05) is 0 Å². The van der Waals surface area contributed by atoms with Gasteiger partial charge in [-0.3, -0.25) is 4.79 Å². The molecule has 0 aliphatic heterocycles. The number of rotatable bonds is 2. The highest BCUT2D eigenvalue weighted by Gasteiger charge is 2.22. The van der Waals surface area contributed by atoms with Crippen LogP contribution in [-0.4, -0.2) is 18.1 Å². The van der Waals surface area contributed by atoms with Crippen LogP contribution in [-0.2, 0) is 9.53 Å². The second kappa shape index (κ2) is 2.82. The van der Waals surface area contributed by atoms with Crippen LogP contribution in [0.15, 0.2) is 0 Å². The van der Waals surface area contributed by atoms with Gasteiger partial charge < -0.3 is 10.5 Å². The van der Waals surface area contributed by atoms with E-state index in [2.05, 4.69) is 11.7 Å². The highest BCUT2D eigenvalue weighted by atomic mass is 16.5. The average Bonchev–Trinajstić information content (AvgIpc) is 1.64. The Morgan fingerprint density at radius 1 is 1.89 bits per heavy atom. The summed E-state index contributed by atoms with van der Waals surface area (Å²) in [6.07, 6.45) is 0. The largest absolute Gasteiger partial charge is 0.465 e. The van der Waals surface area contributed by atoms with Crippen molar-refractivity contribution in [1.29, 1.82) is 0 Å². The Balaban J connectivity index is 3.74. The fraction of sp³-hybridized carbons (Fsp3) is 0.667. The fourth-order valence-electron chi connectivity index (χ4n) is 0.296. The van der Waals surface area contributed by atoms with E-state index in [1.807, 2.05) is 0 Å². The van der Waals surface area contributed by atoms with Crippen molar-refractivity contribution >= 4 is 5.97 Å². The van der Waals surface area contributed by atoms with Gasteiger partial charge in [0.25, 0.3) is 0 Å². The van der Waals surface area contributed by atoms with Gasteiger partial charge in [-0.2, -0.15) is 0 Å². The zero-order chi connectivity index (χ0) is 7.49. The number of carbonyl (C=O) groups is 1. The van der Waals surface area contributed by atoms with E-state index in [-0.39, 0.29) is 0 Å². The molecule has 1 radical (unpaired) electrons. The molecule has 0 aliphatic rings. The Morgan fingerprint density at radius 3 is 2.44 bits per heavy atom. The Morgan fingerprint density at radius 2 is 2.33 bits per heavy atom. The Hall–Kier alpha value is -0.570. The molecule has 3 heteroatoms. The Bertz CT molecular complexity index is 104. The van der Waals surface area contributed by atoms with Crippen LogP contribution in [0.2, 0.25) is 0 Å². The van der Waals surface area contributed by atoms with Crippen LogP contribution < -0.4 is 5.73 Å². The lowest BCUT2D eigenvalue weighted by atomic mass is 10.1. The third kappa shape index (κ3) is 3.08. The first-order valence-electron chi connectivity index (χ1n) is 2.80. The van der Waals surface area contributed by atoms with Gasteiger partial charge in [0, 0.05) is 0 Å². The molecule has 0 aromatic heterocycles. The van der Waals surface area contributed by atoms with Gasteiger partial charge in [-0.25, -0.2) is 0 Å². The molecular formula is C6H12NO2. The molecule has 0 aliphatic carbocycles. The molecule has 0 spiro atoms. The first kappa shape index (κ1) is 8.43. The molecule has 0 saturated heterocycles. The van der Waals surface area contributed by atoms with Crippen molar-refractivity contribution in [1.82, 2.24) is 0 Å². The second-order valence-electron chi connectivity index (χ2n) is 2.14. The average molecular weight is 130 g/mol. The standard InChI is InChI=1S/C6H12NO2/c1-4-9-5(8)6(2,3)7/h2,4,7H2,1,3H3. The van der Waals surface area contributed by atoms with Crippen molar-refractivity contribution in [2.45, 2.75) is 19.4 Å². The van der Waals surface area contributed by atoms with Crippen molar-refractivity contribution in [2.24, 2.45) is 5.73 Å².